The van der Waals surface area contributed by atoms with Crippen molar-refractivity contribution in [3.05, 3.63) is 52.8 Å². The largest absolute Gasteiger partial charge is 0.497 e. The number of hydrogen-bond acceptors (Lipinski definition) is 6. The summed E-state index contributed by atoms with van der Waals surface area (Å²) < 4.78 is 13.9. The highest BCUT2D eigenvalue weighted by Crippen LogP contribution is 2.30. The molecule has 2 aromatic carbocycles. The number of thioether (sulfide) groups is 1. The van der Waals surface area contributed by atoms with Crippen LogP contribution in [0.25, 0.3) is 21.9 Å². The van der Waals surface area contributed by atoms with E-state index in [9.17, 15) is 9.59 Å². The fourth-order valence-corrected chi connectivity index (χ4v) is 4.51. The van der Waals surface area contributed by atoms with E-state index in [1.165, 1.54) is 11.8 Å². The third-order valence-electron chi connectivity index (χ3n) is 5.29. The summed E-state index contributed by atoms with van der Waals surface area (Å²) in [6.07, 6.45) is 0. The normalized spacial score (nSPS) is 11.1. The van der Waals surface area contributed by atoms with E-state index in [4.69, 9.17) is 14.5 Å². The highest BCUT2D eigenvalue weighted by molar-refractivity contribution is 7.99. The molecule has 8 nitrogen and oxygen atoms in total. The van der Waals surface area contributed by atoms with Gasteiger partial charge in [-0.3, -0.25) is 14.2 Å². The number of rotatable bonds is 7. The van der Waals surface area contributed by atoms with Crippen LogP contribution in [0.1, 0.15) is 6.92 Å². The zero-order valence-electron chi connectivity index (χ0n) is 18.3. The first-order valence-corrected chi connectivity index (χ1v) is 11.1. The van der Waals surface area contributed by atoms with Gasteiger partial charge in [-0.05, 0) is 49.4 Å². The molecule has 0 aliphatic carbocycles. The zero-order chi connectivity index (χ0) is 22.8. The lowest BCUT2D eigenvalue weighted by Crippen LogP contribution is -2.24. The van der Waals surface area contributed by atoms with E-state index in [0.29, 0.717) is 39.9 Å². The standard InChI is InChI=1S/C23H24N4O4S/c1-5-27-22(29)21-20(17-12-16(31-4)10-11-18(17)26(21)2)25-23(27)32-13-19(28)24-14-6-8-15(30-3)9-7-14/h6-12H,5,13H2,1-4H3,(H,24,28). The van der Waals surface area contributed by atoms with Crippen molar-refractivity contribution < 1.29 is 14.3 Å². The molecule has 4 rings (SSSR count). The van der Waals surface area contributed by atoms with Gasteiger partial charge in [0.25, 0.3) is 5.56 Å². The number of nitrogens with one attached hydrogen (secondary N) is 1. The number of carbonyl (C=O) groups excluding carboxylic acids is 1. The summed E-state index contributed by atoms with van der Waals surface area (Å²) in [5, 5.41) is 4.19. The van der Waals surface area contributed by atoms with Gasteiger partial charge in [0.05, 0.1) is 25.5 Å². The summed E-state index contributed by atoms with van der Waals surface area (Å²) in [6.45, 7) is 2.34. The van der Waals surface area contributed by atoms with Crippen molar-refractivity contribution in [2.24, 2.45) is 7.05 Å². The van der Waals surface area contributed by atoms with Crippen molar-refractivity contribution in [1.29, 1.82) is 0 Å². The second-order valence-electron chi connectivity index (χ2n) is 7.15. The number of ether oxygens (including phenoxy) is 2. The average Bonchev–Trinajstić information content (AvgIpc) is 3.09. The number of nitrogens with zero attached hydrogens (tertiary/aromatic N) is 3. The van der Waals surface area contributed by atoms with Crippen LogP contribution in [-0.2, 0) is 18.4 Å². The monoisotopic (exact) mass is 452 g/mol. The Morgan fingerprint density at radius 2 is 1.78 bits per heavy atom. The Bertz CT molecular complexity index is 1360. The lowest BCUT2D eigenvalue weighted by atomic mass is 10.2. The minimum Gasteiger partial charge on any atom is -0.497 e. The van der Waals surface area contributed by atoms with Crippen molar-refractivity contribution in [3.8, 4) is 11.5 Å². The Hall–Kier alpha value is -3.46. The number of aryl methyl sites for hydroxylation is 1. The second-order valence-corrected chi connectivity index (χ2v) is 8.09. The highest BCUT2D eigenvalue weighted by atomic mass is 32.2. The highest BCUT2D eigenvalue weighted by Gasteiger charge is 2.19. The summed E-state index contributed by atoms with van der Waals surface area (Å²) in [6, 6.07) is 12.8. The van der Waals surface area contributed by atoms with Crippen LogP contribution in [0.5, 0.6) is 11.5 Å². The summed E-state index contributed by atoms with van der Waals surface area (Å²) in [4.78, 5) is 30.5. The number of amides is 1. The van der Waals surface area contributed by atoms with Crippen molar-refractivity contribution in [2.75, 3.05) is 25.3 Å². The van der Waals surface area contributed by atoms with E-state index >= 15 is 0 Å². The van der Waals surface area contributed by atoms with Crippen LogP contribution in [0.3, 0.4) is 0 Å². The van der Waals surface area contributed by atoms with E-state index in [-0.39, 0.29) is 17.2 Å². The molecular formula is C23H24N4O4S. The average molecular weight is 453 g/mol. The molecule has 0 atom stereocenters. The van der Waals surface area contributed by atoms with Crippen molar-refractivity contribution in [3.63, 3.8) is 0 Å². The van der Waals surface area contributed by atoms with E-state index < -0.39 is 0 Å². The molecule has 0 bridgehead atoms. The molecule has 0 fully saturated rings. The summed E-state index contributed by atoms with van der Waals surface area (Å²) >= 11 is 1.24. The molecule has 32 heavy (non-hydrogen) atoms. The van der Waals surface area contributed by atoms with Crippen LogP contribution in [0.15, 0.2) is 52.4 Å². The molecule has 1 N–H and O–H groups in total. The van der Waals surface area contributed by atoms with E-state index in [0.717, 1.165) is 10.9 Å². The Labute approximate surface area is 189 Å². The molecule has 0 saturated heterocycles. The SMILES string of the molecule is CCn1c(SCC(=O)Nc2ccc(OC)cc2)nc2c3cc(OC)ccc3n(C)c2c1=O. The number of aromatic nitrogens is 3. The lowest BCUT2D eigenvalue weighted by Gasteiger charge is -2.11. The number of hydrogen-bond donors (Lipinski definition) is 1. The third kappa shape index (κ3) is 3.91. The lowest BCUT2D eigenvalue weighted by molar-refractivity contribution is -0.113. The smallest absolute Gasteiger partial charge is 0.278 e. The molecule has 0 aliphatic heterocycles. The first-order valence-electron chi connectivity index (χ1n) is 10.1. The van der Waals surface area contributed by atoms with Gasteiger partial charge in [0.2, 0.25) is 5.91 Å². The van der Waals surface area contributed by atoms with Crippen LogP contribution >= 0.6 is 11.8 Å². The van der Waals surface area contributed by atoms with Gasteiger partial charge in [-0.15, -0.1) is 0 Å². The first-order chi connectivity index (χ1) is 15.5. The summed E-state index contributed by atoms with van der Waals surface area (Å²) in [7, 11) is 5.05. The Morgan fingerprint density at radius 1 is 1.09 bits per heavy atom. The molecule has 0 radical (unpaired) electrons. The van der Waals surface area contributed by atoms with Crippen LogP contribution < -0.4 is 20.3 Å². The molecule has 9 heteroatoms. The fourth-order valence-electron chi connectivity index (χ4n) is 3.65. The maximum atomic E-state index is 13.3. The van der Waals surface area contributed by atoms with Gasteiger partial charge in [-0.2, -0.15) is 0 Å². The third-order valence-corrected chi connectivity index (χ3v) is 6.26. The molecular weight excluding hydrogens is 428 g/mol. The minimum atomic E-state index is -0.184. The van der Waals surface area contributed by atoms with Gasteiger partial charge in [0, 0.05) is 24.7 Å². The first kappa shape index (κ1) is 21.8. The van der Waals surface area contributed by atoms with Crippen LogP contribution in [-0.4, -0.2) is 40.0 Å². The van der Waals surface area contributed by atoms with E-state index in [2.05, 4.69) is 5.32 Å². The van der Waals surface area contributed by atoms with E-state index in [1.54, 1.807) is 43.1 Å². The van der Waals surface area contributed by atoms with E-state index in [1.807, 2.05) is 36.7 Å². The molecule has 166 valence electrons. The molecule has 0 aliphatic rings. The quantitative estimate of drug-likeness (QED) is 0.340. The zero-order valence-corrected chi connectivity index (χ0v) is 19.2. The minimum absolute atomic E-state index is 0.123. The second kappa shape index (κ2) is 8.96. The molecule has 2 heterocycles. The van der Waals surface area contributed by atoms with Crippen LogP contribution in [0.2, 0.25) is 0 Å². The van der Waals surface area contributed by atoms with Gasteiger partial charge < -0.3 is 19.4 Å². The number of benzene rings is 2. The van der Waals surface area contributed by atoms with Gasteiger partial charge in [-0.1, -0.05) is 11.8 Å². The Kier molecular flexibility index (Phi) is 6.09. The molecule has 4 aromatic rings. The van der Waals surface area contributed by atoms with Crippen molar-refractivity contribution in [1.82, 2.24) is 14.1 Å². The Morgan fingerprint density at radius 3 is 2.44 bits per heavy atom. The fraction of sp³-hybridized carbons (Fsp3) is 0.261. The maximum absolute atomic E-state index is 13.3. The summed E-state index contributed by atoms with van der Waals surface area (Å²) in [5.74, 6) is 1.35. The molecule has 0 unspecified atom stereocenters. The molecule has 1 amide bonds. The number of methoxy groups -OCH3 is 2. The van der Waals surface area contributed by atoms with Crippen LogP contribution in [0, 0.1) is 0 Å². The maximum Gasteiger partial charge on any atom is 0.278 e. The van der Waals surface area contributed by atoms with Gasteiger partial charge >= 0.3 is 0 Å². The predicted octanol–water partition coefficient (Wildman–Crippen LogP) is 3.66. The van der Waals surface area contributed by atoms with Crippen molar-refractivity contribution in [2.45, 2.75) is 18.6 Å². The number of carbonyl (C=O) groups is 1. The molecule has 0 spiro atoms. The van der Waals surface area contributed by atoms with Crippen molar-refractivity contribution >= 4 is 45.3 Å². The molecule has 0 saturated carbocycles. The summed E-state index contributed by atoms with van der Waals surface area (Å²) in [5.41, 5.74) is 2.57. The van der Waals surface area contributed by atoms with Gasteiger partial charge in [0.15, 0.2) is 5.16 Å². The Balaban J connectivity index is 1.66. The number of anilines is 1. The predicted molar refractivity (Wildman–Crippen MR) is 127 cm³/mol. The van der Waals surface area contributed by atoms with Gasteiger partial charge in [-0.25, -0.2) is 4.98 Å². The van der Waals surface area contributed by atoms with Gasteiger partial charge in [0.1, 0.15) is 22.5 Å². The molecule has 2 aromatic heterocycles. The number of fused-ring (bicyclic) bond motifs is 3. The topological polar surface area (TPSA) is 87.4 Å². The van der Waals surface area contributed by atoms with Crippen LogP contribution in [0.4, 0.5) is 5.69 Å².